The molecule has 1 heterocycles. The second kappa shape index (κ2) is 13.5. The molecule has 2 bridgehead atoms. The highest BCUT2D eigenvalue weighted by atomic mass is 28.4. The van der Waals surface area contributed by atoms with E-state index in [4.69, 9.17) is 27.8 Å². The number of ether oxygens (including phenoxy) is 4. The van der Waals surface area contributed by atoms with Crippen LogP contribution in [0, 0.1) is 16.7 Å². The molecular formula is C40H60O11Si2. The van der Waals surface area contributed by atoms with E-state index in [-0.39, 0.29) is 30.1 Å². The first kappa shape index (κ1) is 41.5. The van der Waals surface area contributed by atoms with Crippen molar-refractivity contribution in [3.05, 3.63) is 47.0 Å². The zero-order valence-electron chi connectivity index (χ0n) is 34.0. The van der Waals surface area contributed by atoms with Gasteiger partial charge in [0.2, 0.25) is 0 Å². The Kier molecular flexibility index (Phi) is 10.6. The summed E-state index contributed by atoms with van der Waals surface area (Å²) in [7, 11) is -4.99. The number of hydrogen-bond donors (Lipinski definition) is 1. The molecule has 1 N–H and O–H groups in total. The van der Waals surface area contributed by atoms with E-state index in [1.54, 1.807) is 51.1 Å². The van der Waals surface area contributed by atoms with Crippen LogP contribution in [0.4, 0.5) is 0 Å². The summed E-state index contributed by atoms with van der Waals surface area (Å²) in [6.07, 6.45) is -5.11. The Morgan fingerprint density at radius 1 is 0.925 bits per heavy atom. The van der Waals surface area contributed by atoms with Crippen LogP contribution in [0.1, 0.15) is 85.5 Å². The highest BCUT2D eigenvalue weighted by molar-refractivity contribution is 6.74. The van der Waals surface area contributed by atoms with Crippen LogP contribution < -0.4 is 0 Å². The van der Waals surface area contributed by atoms with Gasteiger partial charge in [-0.3, -0.25) is 14.4 Å². The molecule has 0 aromatic heterocycles. The molecule has 9 atom stereocenters. The molecular weight excluding hydrogens is 713 g/mol. The van der Waals surface area contributed by atoms with Gasteiger partial charge >= 0.3 is 17.9 Å². The molecule has 13 heteroatoms. The Hall–Kier alpha value is -2.69. The normalized spacial score (nSPS) is 35.5. The van der Waals surface area contributed by atoms with Gasteiger partial charge in [0, 0.05) is 32.1 Å². The molecule has 0 spiro atoms. The van der Waals surface area contributed by atoms with E-state index in [0.29, 0.717) is 11.1 Å². The Morgan fingerprint density at radius 3 is 2.02 bits per heavy atom. The van der Waals surface area contributed by atoms with Gasteiger partial charge in [-0.15, -0.1) is 0 Å². The van der Waals surface area contributed by atoms with Crippen LogP contribution in [-0.2, 0) is 42.2 Å². The van der Waals surface area contributed by atoms with Gasteiger partial charge in [0.15, 0.2) is 34.1 Å². The van der Waals surface area contributed by atoms with Crippen molar-refractivity contribution in [2.75, 3.05) is 6.61 Å². The fourth-order valence-electron chi connectivity index (χ4n) is 9.13. The number of carbonyl (C=O) groups is 4. The molecule has 3 aliphatic carbocycles. The molecule has 11 nitrogen and oxygen atoms in total. The minimum absolute atomic E-state index is 0.0185. The number of Topliss-reactive ketones (excluding diaryl/α,β-unsaturated/α-hetero) is 1. The van der Waals surface area contributed by atoms with Crippen LogP contribution in [0.15, 0.2) is 41.5 Å². The molecule has 53 heavy (non-hydrogen) atoms. The van der Waals surface area contributed by atoms with Crippen molar-refractivity contribution in [1.29, 1.82) is 0 Å². The van der Waals surface area contributed by atoms with Crippen molar-refractivity contribution in [2.45, 2.75) is 155 Å². The molecule has 1 aliphatic heterocycles. The number of esters is 3. The largest absolute Gasteiger partial charge is 0.455 e. The monoisotopic (exact) mass is 772 g/mol. The maximum Gasteiger partial charge on any atom is 0.338 e. The van der Waals surface area contributed by atoms with Crippen LogP contribution in [0.5, 0.6) is 0 Å². The quantitative estimate of drug-likeness (QED) is 0.133. The Morgan fingerprint density at radius 2 is 1.53 bits per heavy atom. The molecule has 1 aromatic rings. The first-order valence-corrected chi connectivity index (χ1v) is 25.0. The number of benzene rings is 1. The molecule has 2 saturated carbocycles. The van der Waals surface area contributed by atoms with Crippen molar-refractivity contribution in [1.82, 2.24) is 0 Å². The summed E-state index contributed by atoms with van der Waals surface area (Å²) < 4.78 is 39.2. The summed E-state index contributed by atoms with van der Waals surface area (Å²) in [5.41, 5.74) is -5.17. The Balaban J connectivity index is 1.91. The molecule has 0 unspecified atom stereocenters. The van der Waals surface area contributed by atoms with Gasteiger partial charge in [0.05, 0.1) is 35.7 Å². The SMILES string of the molecule is CC(=O)O[C@H]1C(=O)[C@]2(C)[C@@H](O[Si](C)(C)C(C)(C)C)C[C@H]3OC[C@@]3(OC(C)=O)[C@H]2[C@H](OC(=O)c2ccccc2)[C@]2(O)C[C@H](O[Si](C)(C)C)C(C)=C1C2(C)C. The standard InChI is InChI=1S/C40H60O11Si2/c1-23-27(50-52(10,11)12)21-40(45)34(48-35(44)26-18-16-15-17-19-26)32-38(9,33(43)31(47-24(2)41)30(23)37(40,7)8)28(51-53(13,14)36(4,5)6)20-29-39(32,22-46-29)49-25(3)42/h15-19,27-29,31-32,34,45H,20-22H2,1-14H3/t27-,28-,29+,31+,32-,34-,38+,39-,40+/m0/s1. The highest BCUT2D eigenvalue weighted by Gasteiger charge is 2.79. The third-order valence-corrected chi connectivity index (χ3v) is 18.4. The van der Waals surface area contributed by atoms with E-state index in [1.165, 1.54) is 13.8 Å². The summed E-state index contributed by atoms with van der Waals surface area (Å²) >= 11 is 0. The van der Waals surface area contributed by atoms with Crippen LogP contribution in [0.25, 0.3) is 0 Å². The predicted octanol–water partition coefficient (Wildman–Crippen LogP) is 6.54. The predicted molar refractivity (Wildman–Crippen MR) is 203 cm³/mol. The minimum atomic E-state index is -2.67. The van der Waals surface area contributed by atoms with Gasteiger partial charge in [0.25, 0.3) is 0 Å². The number of carbonyl (C=O) groups excluding carboxylic acids is 4. The van der Waals surface area contributed by atoms with E-state index in [2.05, 4.69) is 33.9 Å². The van der Waals surface area contributed by atoms with E-state index < -0.39 is 98.8 Å². The summed E-state index contributed by atoms with van der Waals surface area (Å²) in [6.45, 7) is 26.1. The van der Waals surface area contributed by atoms with Crippen molar-refractivity contribution in [2.24, 2.45) is 16.7 Å². The molecule has 0 radical (unpaired) electrons. The minimum Gasteiger partial charge on any atom is -0.455 e. The first-order chi connectivity index (χ1) is 24.1. The second-order valence-electron chi connectivity index (χ2n) is 18.8. The van der Waals surface area contributed by atoms with Gasteiger partial charge in [-0.25, -0.2) is 4.79 Å². The number of ketones is 1. The van der Waals surface area contributed by atoms with Crippen LogP contribution in [0.3, 0.4) is 0 Å². The number of hydrogen-bond acceptors (Lipinski definition) is 11. The Labute approximate surface area is 316 Å². The first-order valence-electron chi connectivity index (χ1n) is 18.7. The summed E-state index contributed by atoms with van der Waals surface area (Å²) in [5.74, 6) is -3.71. The zero-order valence-corrected chi connectivity index (χ0v) is 36.0. The number of fused-ring (bicyclic) bond motifs is 5. The summed E-state index contributed by atoms with van der Waals surface area (Å²) in [6, 6.07) is 8.45. The van der Waals surface area contributed by atoms with Crippen molar-refractivity contribution in [3.8, 4) is 0 Å². The van der Waals surface area contributed by atoms with Crippen LogP contribution >= 0.6 is 0 Å². The fraction of sp³-hybridized carbons (Fsp3) is 0.700. The lowest BCUT2D eigenvalue weighted by Gasteiger charge is -2.68. The topological polar surface area (TPSA) is 144 Å². The molecule has 1 saturated heterocycles. The highest BCUT2D eigenvalue weighted by Crippen LogP contribution is 2.65. The maximum absolute atomic E-state index is 16.0. The third-order valence-electron chi connectivity index (χ3n) is 12.9. The molecule has 294 valence electrons. The van der Waals surface area contributed by atoms with E-state index in [1.807, 2.05) is 26.6 Å². The van der Waals surface area contributed by atoms with Crippen molar-refractivity contribution < 1.29 is 52.1 Å². The number of rotatable bonds is 8. The molecule has 3 fully saturated rings. The van der Waals surface area contributed by atoms with Gasteiger partial charge in [-0.05, 0) is 74.9 Å². The fourth-order valence-corrected chi connectivity index (χ4v) is 11.6. The third kappa shape index (κ3) is 6.81. The molecule has 0 amide bonds. The van der Waals surface area contributed by atoms with Crippen LogP contribution in [-0.4, -0.2) is 93.8 Å². The van der Waals surface area contributed by atoms with Gasteiger partial charge < -0.3 is 32.9 Å². The van der Waals surface area contributed by atoms with E-state index in [9.17, 15) is 19.5 Å². The Bertz CT molecular complexity index is 1670. The summed E-state index contributed by atoms with van der Waals surface area (Å²) in [5, 5.41) is 13.5. The van der Waals surface area contributed by atoms with Crippen LogP contribution in [0.2, 0.25) is 37.8 Å². The van der Waals surface area contributed by atoms with E-state index >= 15 is 4.79 Å². The number of aliphatic hydroxyl groups is 1. The smallest absolute Gasteiger partial charge is 0.338 e. The van der Waals surface area contributed by atoms with E-state index in [0.717, 1.165) is 0 Å². The van der Waals surface area contributed by atoms with Crippen molar-refractivity contribution >= 4 is 40.3 Å². The molecule has 4 aliphatic rings. The van der Waals surface area contributed by atoms with Crippen molar-refractivity contribution in [3.63, 3.8) is 0 Å². The zero-order chi connectivity index (χ0) is 39.9. The van der Waals surface area contributed by atoms with Gasteiger partial charge in [-0.1, -0.05) is 52.8 Å². The van der Waals surface area contributed by atoms with Gasteiger partial charge in [0.1, 0.15) is 17.8 Å². The lowest BCUT2D eigenvalue weighted by atomic mass is 9.44. The lowest BCUT2D eigenvalue weighted by molar-refractivity contribution is -0.344. The average molecular weight is 773 g/mol. The molecule has 1 aromatic carbocycles. The average Bonchev–Trinajstić information content (AvgIpc) is 3.00. The maximum atomic E-state index is 16.0. The lowest BCUT2D eigenvalue weighted by Crippen LogP contribution is -2.82. The second-order valence-corrected chi connectivity index (χ2v) is 28.0. The van der Waals surface area contributed by atoms with Gasteiger partial charge in [-0.2, -0.15) is 0 Å². The summed E-state index contributed by atoms with van der Waals surface area (Å²) in [4.78, 5) is 56.5. The molecule has 5 rings (SSSR count).